The minimum Gasteiger partial charge on any atom is -0.341 e. The molecule has 0 aromatic carbocycles. The van der Waals surface area contributed by atoms with Crippen molar-refractivity contribution < 1.29 is 14.2 Å². The number of nitrogens with zero attached hydrogens (tertiary/aromatic N) is 4. The van der Waals surface area contributed by atoms with E-state index in [0.29, 0.717) is 31.0 Å². The van der Waals surface area contributed by atoms with Crippen LogP contribution in [0, 0.1) is 12.8 Å². The first kappa shape index (κ1) is 12.5. The van der Waals surface area contributed by atoms with Gasteiger partial charge in [-0.1, -0.05) is 10.3 Å². The first-order valence-electron chi connectivity index (χ1n) is 5.77. The van der Waals surface area contributed by atoms with Gasteiger partial charge in [0.1, 0.15) is 11.4 Å². The standard InChI is InChI=1S/C11H16N4O3/c1-7-10(13-18-12-7)6-14(3)11(17)9-4-15(5-9)8(2)16/h9H,4-6H2,1-3H3. The van der Waals surface area contributed by atoms with E-state index in [2.05, 4.69) is 14.9 Å². The number of rotatable bonds is 3. The summed E-state index contributed by atoms with van der Waals surface area (Å²) in [6.07, 6.45) is 0. The van der Waals surface area contributed by atoms with Gasteiger partial charge in [-0.15, -0.1) is 0 Å². The molecule has 0 radical (unpaired) electrons. The smallest absolute Gasteiger partial charge is 0.229 e. The highest BCUT2D eigenvalue weighted by atomic mass is 16.6. The molecule has 0 aliphatic carbocycles. The Balaban J connectivity index is 1.87. The summed E-state index contributed by atoms with van der Waals surface area (Å²) in [5.41, 5.74) is 1.35. The first-order chi connectivity index (χ1) is 8.49. The van der Waals surface area contributed by atoms with Crippen LogP contribution in [0.5, 0.6) is 0 Å². The number of carbonyl (C=O) groups is 2. The molecule has 1 saturated heterocycles. The lowest BCUT2D eigenvalue weighted by molar-refractivity contribution is -0.146. The van der Waals surface area contributed by atoms with Gasteiger partial charge in [-0.3, -0.25) is 9.59 Å². The third-order valence-electron chi connectivity index (χ3n) is 3.19. The Kier molecular flexibility index (Phi) is 3.31. The van der Waals surface area contributed by atoms with Gasteiger partial charge < -0.3 is 9.80 Å². The minimum absolute atomic E-state index is 0.0123. The second kappa shape index (κ2) is 4.75. The Morgan fingerprint density at radius 2 is 2.11 bits per heavy atom. The Labute approximate surface area is 105 Å². The molecule has 1 aliphatic heterocycles. The number of hydrogen-bond donors (Lipinski definition) is 0. The molecule has 0 spiro atoms. The van der Waals surface area contributed by atoms with E-state index in [1.807, 2.05) is 0 Å². The molecule has 1 aromatic heterocycles. The zero-order valence-corrected chi connectivity index (χ0v) is 10.7. The Morgan fingerprint density at radius 3 is 2.61 bits per heavy atom. The molecule has 7 nitrogen and oxygen atoms in total. The quantitative estimate of drug-likeness (QED) is 0.745. The maximum Gasteiger partial charge on any atom is 0.229 e. The van der Waals surface area contributed by atoms with Gasteiger partial charge in [-0.05, 0) is 6.92 Å². The topological polar surface area (TPSA) is 79.5 Å². The Hall–Kier alpha value is -1.92. The number of carbonyl (C=O) groups excluding carboxylic acids is 2. The average Bonchev–Trinajstić information content (AvgIpc) is 2.61. The van der Waals surface area contributed by atoms with Crippen LogP contribution in [0.1, 0.15) is 18.3 Å². The molecule has 2 heterocycles. The summed E-state index contributed by atoms with van der Waals surface area (Å²) in [6.45, 7) is 4.69. The van der Waals surface area contributed by atoms with Crippen LogP contribution in [-0.2, 0) is 16.1 Å². The SMILES string of the molecule is CC(=O)N1CC(C(=O)N(C)Cc2nonc2C)C1. The molecule has 98 valence electrons. The second-order valence-electron chi connectivity index (χ2n) is 4.61. The van der Waals surface area contributed by atoms with E-state index in [4.69, 9.17) is 0 Å². The van der Waals surface area contributed by atoms with Crippen molar-refractivity contribution in [3.8, 4) is 0 Å². The third kappa shape index (κ3) is 2.34. The van der Waals surface area contributed by atoms with E-state index < -0.39 is 0 Å². The van der Waals surface area contributed by atoms with Crippen molar-refractivity contribution in [3.05, 3.63) is 11.4 Å². The molecule has 0 unspecified atom stereocenters. The zero-order chi connectivity index (χ0) is 13.3. The van der Waals surface area contributed by atoms with Crippen LogP contribution in [0.3, 0.4) is 0 Å². The van der Waals surface area contributed by atoms with E-state index in [1.54, 1.807) is 23.8 Å². The molecule has 1 fully saturated rings. The minimum atomic E-state index is -0.0981. The third-order valence-corrected chi connectivity index (χ3v) is 3.19. The normalized spacial score (nSPS) is 15.4. The predicted molar refractivity (Wildman–Crippen MR) is 61.3 cm³/mol. The van der Waals surface area contributed by atoms with E-state index in [1.165, 1.54) is 6.92 Å². The Bertz CT molecular complexity index is 465. The first-order valence-corrected chi connectivity index (χ1v) is 5.77. The van der Waals surface area contributed by atoms with E-state index in [9.17, 15) is 9.59 Å². The van der Waals surface area contributed by atoms with Crippen molar-refractivity contribution in [2.75, 3.05) is 20.1 Å². The van der Waals surface area contributed by atoms with Crippen molar-refractivity contribution >= 4 is 11.8 Å². The lowest BCUT2D eigenvalue weighted by atomic mass is 9.98. The molecule has 2 rings (SSSR count). The van der Waals surface area contributed by atoms with Crippen LogP contribution >= 0.6 is 0 Å². The van der Waals surface area contributed by atoms with Crippen LogP contribution in [0.2, 0.25) is 0 Å². The van der Waals surface area contributed by atoms with Crippen LogP contribution in [0.25, 0.3) is 0 Å². The van der Waals surface area contributed by atoms with Gasteiger partial charge in [0.2, 0.25) is 11.8 Å². The van der Waals surface area contributed by atoms with Crippen molar-refractivity contribution in [2.24, 2.45) is 5.92 Å². The molecular formula is C11H16N4O3. The molecule has 1 aromatic rings. The molecular weight excluding hydrogens is 236 g/mol. The maximum absolute atomic E-state index is 12.0. The summed E-state index contributed by atoms with van der Waals surface area (Å²) in [4.78, 5) is 26.3. The lowest BCUT2D eigenvalue weighted by Crippen LogP contribution is -2.55. The molecule has 1 aliphatic rings. The molecule has 0 saturated carbocycles. The predicted octanol–water partition coefficient (Wildman–Crippen LogP) is -0.185. The van der Waals surface area contributed by atoms with Gasteiger partial charge in [0, 0.05) is 27.1 Å². The number of hydrogen-bond acceptors (Lipinski definition) is 5. The van der Waals surface area contributed by atoms with Crippen molar-refractivity contribution in [3.63, 3.8) is 0 Å². The largest absolute Gasteiger partial charge is 0.341 e. The van der Waals surface area contributed by atoms with Gasteiger partial charge in [-0.25, -0.2) is 4.63 Å². The van der Waals surface area contributed by atoms with Gasteiger partial charge in [0.25, 0.3) is 0 Å². The van der Waals surface area contributed by atoms with Gasteiger partial charge in [-0.2, -0.15) is 0 Å². The summed E-state index contributed by atoms with van der Waals surface area (Å²) >= 11 is 0. The fraction of sp³-hybridized carbons (Fsp3) is 0.636. The molecule has 0 bridgehead atoms. The van der Waals surface area contributed by atoms with Crippen LogP contribution in [0.15, 0.2) is 4.63 Å². The zero-order valence-electron chi connectivity index (χ0n) is 10.7. The molecule has 0 atom stereocenters. The van der Waals surface area contributed by atoms with Gasteiger partial charge in [0.05, 0.1) is 12.5 Å². The molecule has 18 heavy (non-hydrogen) atoms. The van der Waals surface area contributed by atoms with Crippen LogP contribution < -0.4 is 0 Å². The fourth-order valence-corrected chi connectivity index (χ4v) is 1.90. The van der Waals surface area contributed by atoms with Crippen LogP contribution in [-0.4, -0.2) is 52.1 Å². The lowest BCUT2D eigenvalue weighted by Gasteiger charge is -2.39. The van der Waals surface area contributed by atoms with Crippen molar-refractivity contribution in [1.29, 1.82) is 0 Å². The van der Waals surface area contributed by atoms with E-state index in [-0.39, 0.29) is 17.7 Å². The van der Waals surface area contributed by atoms with E-state index in [0.717, 1.165) is 0 Å². The highest BCUT2D eigenvalue weighted by Gasteiger charge is 2.35. The summed E-state index contributed by atoms with van der Waals surface area (Å²) in [6, 6.07) is 0. The van der Waals surface area contributed by atoms with E-state index >= 15 is 0 Å². The summed E-state index contributed by atoms with van der Waals surface area (Å²) in [5.74, 6) is -0.0628. The summed E-state index contributed by atoms with van der Waals surface area (Å²) in [5, 5.41) is 7.41. The number of aromatic nitrogens is 2. The number of aryl methyl sites for hydroxylation is 1. The summed E-state index contributed by atoms with van der Waals surface area (Å²) in [7, 11) is 1.72. The van der Waals surface area contributed by atoms with Crippen LogP contribution in [0.4, 0.5) is 0 Å². The molecule has 2 amide bonds. The Morgan fingerprint density at radius 1 is 1.44 bits per heavy atom. The van der Waals surface area contributed by atoms with Crippen molar-refractivity contribution in [1.82, 2.24) is 20.1 Å². The monoisotopic (exact) mass is 252 g/mol. The summed E-state index contributed by atoms with van der Waals surface area (Å²) < 4.78 is 4.58. The molecule has 7 heteroatoms. The highest BCUT2D eigenvalue weighted by molar-refractivity contribution is 5.83. The highest BCUT2D eigenvalue weighted by Crippen LogP contribution is 2.18. The number of likely N-dealkylation sites (tertiary alicyclic amines) is 1. The second-order valence-corrected chi connectivity index (χ2v) is 4.61. The fourth-order valence-electron chi connectivity index (χ4n) is 1.90. The molecule has 0 N–H and O–H groups in total. The van der Waals surface area contributed by atoms with Gasteiger partial charge in [0.15, 0.2) is 0 Å². The maximum atomic E-state index is 12.0. The number of amides is 2. The van der Waals surface area contributed by atoms with Crippen molar-refractivity contribution in [2.45, 2.75) is 20.4 Å². The average molecular weight is 252 g/mol. The van der Waals surface area contributed by atoms with Gasteiger partial charge >= 0.3 is 0 Å².